The lowest BCUT2D eigenvalue weighted by Crippen LogP contribution is -2.14. The molecule has 0 saturated carbocycles. The number of nitrogen functional groups attached to an aromatic ring is 1. The highest BCUT2D eigenvalue weighted by atomic mass is 19.4. The maximum absolute atomic E-state index is 12.1. The van der Waals surface area contributed by atoms with E-state index in [1.807, 2.05) is 0 Å². The molecule has 0 amide bonds. The van der Waals surface area contributed by atoms with Crippen LogP contribution in [0.25, 0.3) is 0 Å². The molecular formula is C9H10F3NO. The lowest BCUT2D eigenvalue weighted by Gasteiger charge is -2.12. The minimum Gasteiger partial charge on any atom is -0.506 e. The zero-order chi connectivity index (χ0) is 10.9. The predicted octanol–water partition coefficient (Wildman–Crippen LogP) is 2.39. The normalized spacial score (nSPS) is 11.7. The Hall–Kier alpha value is -1.39. The summed E-state index contributed by atoms with van der Waals surface area (Å²) in [7, 11) is 0. The first kappa shape index (κ1) is 10.7. The Bertz CT molecular complexity index is 347. The molecule has 0 heterocycles. The third-order valence-electron chi connectivity index (χ3n) is 1.95. The van der Waals surface area contributed by atoms with Gasteiger partial charge in [-0.15, -0.1) is 0 Å². The first-order chi connectivity index (χ1) is 6.31. The summed E-state index contributed by atoms with van der Waals surface area (Å²) >= 11 is 0. The van der Waals surface area contributed by atoms with Crippen LogP contribution >= 0.6 is 0 Å². The molecule has 0 fully saturated rings. The lowest BCUT2D eigenvalue weighted by molar-refractivity contribution is -0.127. The molecule has 0 unspecified atom stereocenters. The molecule has 0 aliphatic rings. The van der Waals surface area contributed by atoms with Gasteiger partial charge in [-0.1, -0.05) is 6.07 Å². The van der Waals surface area contributed by atoms with Crippen LogP contribution in [-0.2, 0) is 6.42 Å². The molecule has 1 rings (SSSR count). The van der Waals surface area contributed by atoms with Gasteiger partial charge in [-0.25, -0.2) is 0 Å². The number of anilines is 1. The number of phenolic OH excluding ortho intramolecular Hbond substituents is 1. The highest BCUT2D eigenvalue weighted by Crippen LogP contribution is 2.32. The van der Waals surface area contributed by atoms with Gasteiger partial charge in [-0.2, -0.15) is 13.2 Å². The molecule has 0 aromatic heterocycles. The van der Waals surface area contributed by atoms with Crippen LogP contribution in [0.1, 0.15) is 11.1 Å². The van der Waals surface area contributed by atoms with E-state index in [1.165, 1.54) is 19.1 Å². The third kappa shape index (κ3) is 2.31. The highest BCUT2D eigenvalue weighted by molar-refractivity contribution is 5.60. The molecule has 3 N–H and O–H groups in total. The summed E-state index contributed by atoms with van der Waals surface area (Å²) in [6, 6.07) is 2.69. The Morgan fingerprint density at radius 2 is 1.93 bits per heavy atom. The number of hydrogen-bond donors (Lipinski definition) is 2. The van der Waals surface area contributed by atoms with Gasteiger partial charge < -0.3 is 10.8 Å². The predicted molar refractivity (Wildman–Crippen MR) is 47.0 cm³/mol. The molecule has 2 nitrogen and oxygen atoms in total. The van der Waals surface area contributed by atoms with E-state index in [2.05, 4.69) is 0 Å². The van der Waals surface area contributed by atoms with Crippen molar-refractivity contribution >= 4 is 5.69 Å². The largest absolute Gasteiger partial charge is 0.506 e. The van der Waals surface area contributed by atoms with Crippen molar-refractivity contribution in [2.75, 3.05) is 5.73 Å². The van der Waals surface area contributed by atoms with Gasteiger partial charge >= 0.3 is 6.18 Å². The Labute approximate surface area is 79.2 Å². The van der Waals surface area contributed by atoms with E-state index < -0.39 is 12.6 Å². The smallest absolute Gasteiger partial charge is 0.393 e. The quantitative estimate of drug-likeness (QED) is 0.546. The van der Waals surface area contributed by atoms with Crippen LogP contribution in [0, 0.1) is 6.92 Å². The number of hydrogen-bond acceptors (Lipinski definition) is 2. The fraction of sp³-hybridized carbons (Fsp3) is 0.333. The van der Waals surface area contributed by atoms with Crippen molar-refractivity contribution in [3.63, 3.8) is 0 Å². The zero-order valence-corrected chi connectivity index (χ0v) is 7.52. The average Bonchev–Trinajstić information content (AvgIpc) is 2.04. The molecule has 0 aliphatic carbocycles. The zero-order valence-electron chi connectivity index (χ0n) is 7.52. The van der Waals surface area contributed by atoms with Crippen molar-refractivity contribution in [1.29, 1.82) is 0 Å². The van der Waals surface area contributed by atoms with Crippen LogP contribution in [0.15, 0.2) is 12.1 Å². The third-order valence-corrected chi connectivity index (χ3v) is 1.95. The molecule has 0 aliphatic heterocycles. The van der Waals surface area contributed by atoms with Gasteiger partial charge in [0.1, 0.15) is 5.75 Å². The minimum atomic E-state index is -4.31. The van der Waals surface area contributed by atoms with Crippen LogP contribution in [0.3, 0.4) is 0 Å². The first-order valence-corrected chi connectivity index (χ1v) is 3.95. The molecule has 78 valence electrons. The summed E-state index contributed by atoms with van der Waals surface area (Å²) in [6.07, 6.45) is -5.42. The SMILES string of the molecule is Cc1ccc(O)c(N)c1CC(F)(F)F. The van der Waals surface area contributed by atoms with Crippen LogP contribution in [0.2, 0.25) is 0 Å². The fourth-order valence-electron chi connectivity index (χ4n) is 1.20. The maximum Gasteiger partial charge on any atom is 0.393 e. The summed E-state index contributed by atoms with van der Waals surface area (Å²) < 4.78 is 36.3. The number of aromatic hydroxyl groups is 1. The number of alkyl halides is 3. The van der Waals surface area contributed by atoms with E-state index in [0.717, 1.165) is 0 Å². The van der Waals surface area contributed by atoms with Crippen molar-refractivity contribution in [1.82, 2.24) is 0 Å². The Morgan fingerprint density at radius 3 is 2.43 bits per heavy atom. The molecule has 0 atom stereocenters. The van der Waals surface area contributed by atoms with Crippen LogP contribution in [-0.4, -0.2) is 11.3 Å². The number of rotatable bonds is 1. The standard InChI is InChI=1S/C9H10F3NO/c1-5-2-3-7(14)8(13)6(5)4-9(10,11)12/h2-3,14H,4,13H2,1H3. The summed E-state index contributed by atoms with van der Waals surface area (Å²) in [5.41, 5.74) is 5.52. The van der Waals surface area contributed by atoms with Crippen molar-refractivity contribution in [3.05, 3.63) is 23.3 Å². The summed E-state index contributed by atoms with van der Waals surface area (Å²) in [5.74, 6) is -0.310. The van der Waals surface area contributed by atoms with E-state index in [4.69, 9.17) is 10.8 Å². The molecule has 1 aromatic rings. The van der Waals surface area contributed by atoms with E-state index in [-0.39, 0.29) is 17.0 Å². The second-order valence-corrected chi connectivity index (χ2v) is 3.09. The van der Waals surface area contributed by atoms with E-state index in [0.29, 0.717) is 5.56 Å². The van der Waals surface area contributed by atoms with E-state index >= 15 is 0 Å². The number of halogens is 3. The van der Waals surface area contributed by atoms with Crippen molar-refractivity contribution < 1.29 is 18.3 Å². The van der Waals surface area contributed by atoms with Gasteiger partial charge in [0.25, 0.3) is 0 Å². The van der Waals surface area contributed by atoms with Crippen LogP contribution < -0.4 is 5.73 Å². The fourth-order valence-corrected chi connectivity index (χ4v) is 1.20. The van der Waals surface area contributed by atoms with Gasteiger partial charge in [0.2, 0.25) is 0 Å². The molecule has 0 saturated heterocycles. The Morgan fingerprint density at radius 1 is 1.36 bits per heavy atom. The molecular weight excluding hydrogens is 195 g/mol. The number of phenols is 1. The van der Waals surface area contributed by atoms with Gasteiger partial charge in [0, 0.05) is 0 Å². The van der Waals surface area contributed by atoms with Gasteiger partial charge in [-0.3, -0.25) is 0 Å². The number of nitrogens with two attached hydrogens (primary N) is 1. The average molecular weight is 205 g/mol. The van der Waals surface area contributed by atoms with E-state index in [1.54, 1.807) is 0 Å². The first-order valence-electron chi connectivity index (χ1n) is 3.95. The summed E-state index contributed by atoms with van der Waals surface area (Å²) in [5, 5.41) is 9.13. The minimum absolute atomic E-state index is 0.0579. The Kier molecular flexibility index (Phi) is 2.59. The Balaban J connectivity index is 3.13. The van der Waals surface area contributed by atoms with Crippen molar-refractivity contribution in [2.45, 2.75) is 19.5 Å². The molecule has 5 heteroatoms. The lowest BCUT2D eigenvalue weighted by atomic mass is 10.0. The molecule has 0 bridgehead atoms. The number of benzene rings is 1. The second kappa shape index (κ2) is 3.40. The van der Waals surface area contributed by atoms with Crippen LogP contribution in [0.5, 0.6) is 5.75 Å². The second-order valence-electron chi connectivity index (χ2n) is 3.09. The van der Waals surface area contributed by atoms with Crippen molar-refractivity contribution in [2.24, 2.45) is 0 Å². The van der Waals surface area contributed by atoms with Gasteiger partial charge in [-0.05, 0) is 24.1 Å². The van der Waals surface area contributed by atoms with Crippen LogP contribution in [0.4, 0.5) is 18.9 Å². The van der Waals surface area contributed by atoms with E-state index in [9.17, 15) is 13.2 Å². The molecule has 14 heavy (non-hydrogen) atoms. The molecule has 0 spiro atoms. The molecule has 1 aromatic carbocycles. The number of aryl methyl sites for hydroxylation is 1. The summed E-state index contributed by atoms with van der Waals surface area (Å²) in [4.78, 5) is 0. The monoisotopic (exact) mass is 205 g/mol. The highest BCUT2D eigenvalue weighted by Gasteiger charge is 2.29. The maximum atomic E-state index is 12.1. The van der Waals surface area contributed by atoms with Crippen molar-refractivity contribution in [3.8, 4) is 5.75 Å². The summed E-state index contributed by atoms with van der Waals surface area (Å²) in [6.45, 7) is 1.52. The topological polar surface area (TPSA) is 46.2 Å². The molecule has 0 radical (unpaired) electrons. The van der Waals surface area contributed by atoms with Gasteiger partial charge in [0.05, 0.1) is 12.1 Å². The van der Waals surface area contributed by atoms with Gasteiger partial charge in [0.15, 0.2) is 0 Å².